The van der Waals surface area contributed by atoms with Crippen molar-refractivity contribution in [3.63, 3.8) is 0 Å². The van der Waals surface area contributed by atoms with Crippen molar-refractivity contribution >= 4 is 22.8 Å². The molecular weight excluding hydrogens is 470 g/mol. The topological polar surface area (TPSA) is 62.9 Å². The predicted octanol–water partition coefficient (Wildman–Crippen LogP) is 7.78. The van der Waals surface area contributed by atoms with Gasteiger partial charge in [0.1, 0.15) is 5.71 Å². The van der Waals surface area contributed by atoms with Crippen LogP contribution in [0.25, 0.3) is 0 Å². The van der Waals surface area contributed by atoms with Crippen LogP contribution in [-0.2, 0) is 12.8 Å². The first-order valence-electron chi connectivity index (χ1n) is 15.2. The molecule has 0 N–H and O–H groups in total. The van der Waals surface area contributed by atoms with Gasteiger partial charge in [0.25, 0.3) is 5.56 Å². The number of unbranched alkanes of at least 4 members (excludes halogenated alkanes) is 6. The molecule has 0 fully saturated rings. The molecule has 0 atom stereocenters. The lowest BCUT2D eigenvalue weighted by Crippen LogP contribution is -2.27. The van der Waals surface area contributed by atoms with Crippen LogP contribution in [0.5, 0.6) is 0 Å². The Hall–Kier alpha value is -2.76. The average molecular weight is 520 g/mol. The Morgan fingerprint density at radius 2 is 1.47 bits per heavy atom. The van der Waals surface area contributed by atoms with Crippen molar-refractivity contribution in [2.45, 2.75) is 119 Å². The van der Waals surface area contributed by atoms with Crippen molar-refractivity contribution in [1.82, 2.24) is 9.66 Å². The van der Waals surface area contributed by atoms with Crippen molar-refractivity contribution in [2.24, 2.45) is 10.1 Å². The van der Waals surface area contributed by atoms with E-state index in [2.05, 4.69) is 64.6 Å². The van der Waals surface area contributed by atoms with Crippen LogP contribution < -0.4 is 10.5 Å². The smallest absolute Gasteiger partial charge is 0.277 e. The highest BCUT2D eigenvalue weighted by Crippen LogP contribution is 2.27. The number of aromatic nitrogens is 2. The molecule has 208 valence electrons. The van der Waals surface area contributed by atoms with Crippen LogP contribution in [0, 0.1) is 6.92 Å². The van der Waals surface area contributed by atoms with E-state index in [0.29, 0.717) is 5.82 Å². The largest absolute Gasteiger partial charge is 0.372 e. The minimum Gasteiger partial charge on any atom is -0.372 e. The quantitative estimate of drug-likeness (QED) is 0.213. The summed E-state index contributed by atoms with van der Waals surface area (Å²) in [5.41, 5.74) is 6.73. The summed E-state index contributed by atoms with van der Waals surface area (Å²) in [5.74, 6) is 0.624. The van der Waals surface area contributed by atoms with Gasteiger partial charge >= 0.3 is 0 Å². The fourth-order valence-corrected chi connectivity index (χ4v) is 5.18. The van der Waals surface area contributed by atoms with Crippen molar-refractivity contribution in [3.05, 3.63) is 51.2 Å². The number of hydrogen-bond donors (Lipinski definition) is 0. The molecule has 3 rings (SSSR count). The molecule has 0 amide bonds. The van der Waals surface area contributed by atoms with E-state index in [9.17, 15) is 4.79 Å². The summed E-state index contributed by atoms with van der Waals surface area (Å²) in [6.45, 7) is 15.0. The van der Waals surface area contributed by atoms with Crippen LogP contribution in [0.4, 0.5) is 11.4 Å². The number of nitrogens with zero attached hydrogens (tertiary/aromatic N) is 5. The molecule has 0 unspecified atom stereocenters. The first kappa shape index (κ1) is 29.8. The Morgan fingerprint density at radius 1 is 0.842 bits per heavy atom. The van der Waals surface area contributed by atoms with E-state index in [1.165, 1.54) is 5.69 Å². The van der Waals surface area contributed by atoms with Crippen LogP contribution in [0.15, 0.2) is 33.1 Å². The summed E-state index contributed by atoms with van der Waals surface area (Å²) in [5, 5.41) is 4.85. The normalized spacial score (nSPS) is 13.7. The summed E-state index contributed by atoms with van der Waals surface area (Å²) in [7, 11) is 0. The third-order valence-electron chi connectivity index (χ3n) is 7.55. The second-order valence-corrected chi connectivity index (χ2v) is 10.5. The first-order valence-corrected chi connectivity index (χ1v) is 15.2. The maximum absolute atomic E-state index is 13.8. The van der Waals surface area contributed by atoms with Crippen LogP contribution in [-0.4, -0.2) is 34.2 Å². The summed E-state index contributed by atoms with van der Waals surface area (Å²) < 4.78 is 1.56. The summed E-state index contributed by atoms with van der Waals surface area (Å²) in [6.07, 6.45) is 12.3. The fraction of sp³-hybridized carbons (Fsp3) is 0.625. The fourth-order valence-electron chi connectivity index (χ4n) is 5.18. The highest BCUT2D eigenvalue weighted by atomic mass is 16.1. The Morgan fingerprint density at radius 3 is 2.08 bits per heavy atom. The van der Waals surface area contributed by atoms with Gasteiger partial charge in [0.15, 0.2) is 5.82 Å². The second-order valence-electron chi connectivity index (χ2n) is 10.5. The van der Waals surface area contributed by atoms with Gasteiger partial charge in [-0.2, -0.15) is 9.78 Å². The number of hydrogen-bond acceptors (Lipinski definition) is 5. The molecule has 0 bridgehead atoms. The van der Waals surface area contributed by atoms with Gasteiger partial charge in [0, 0.05) is 24.3 Å². The van der Waals surface area contributed by atoms with Crippen molar-refractivity contribution in [2.75, 3.05) is 18.0 Å². The second kappa shape index (κ2) is 15.0. The van der Waals surface area contributed by atoms with Crippen molar-refractivity contribution < 1.29 is 0 Å². The van der Waals surface area contributed by atoms with E-state index in [4.69, 9.17) is 15.1 Å². The molecule has 1 aliphatic heterocycles. The van der Waals surface area contributed by atoms with Gasteiger partial charge in [-0.1, -0.05) is 59.3 Å². The summed E-state index contributed by atoms with van der Waals surface area (Å²) in [6, 6.07) is 6.46. The number of rotatable bonds is 16. The lowest BCUT2D eigenvalue weighted by Gasteiger charge is -2.21. The van der Waals surface area contributed by atoms with Gasteiger partial charge in [-0.05, 0) is 83.1 Å². The van der Waals surface area contributed by atoms with Gasteiger partial charge in [-0.15, -0.1) is 0 Å². The number of anilines is 1. The lowest BCUT2D eigenvalue weighted by atomic mass is 10.0. The van der Waals surface area contributed by atoms with Crippen LogP contribution >= 0.6 is 0 Å². The Kier molecular flexibility index (Phi) is 11.8. The molecule has 0 saturated carbocycles. The van der Waals surface area contributed by atoms with Crippen LogP contribution in [0.2, 0.25) is 0 Å². The average Bonchev–Trinajstić information content (AvgIpc) is 3.25. The highest BCUT2D eigenvalue weighted by molar-refractivity contribution is 6.49. The number of fused-ring (bicyclic) bond motifs is 1. The molecule has 6 nitrogen and oxygen atoms in total. The molecule has 1 aromatic heterocycles. The Balaban J connectivity index is 2.10. The zero-order chi connectivity index (χ0) is 27.5. The molecular formula is C32H49N5O. The van der Waals surface area contributed by atoms with E-state index in [-0.39, 0.29) is 5.56 Å². The van der Waals surface area contributed by atoms with E-state index in [1.54, 1.807) is 4.68 Å². The first-order chi connectivity index (χ1) is 18.5. The maximum atomic E-state index is 13.8. The van der Waals surface area contributed by atoms with E-state index < -0.39 is 0 Å². The summed E-state index contributed by atoms with van der Waals surface area (Å²) >= 11 is 0. The van der Waals surface area contributed by atoms with Gasteiger partial charge < -0.3 is 4.90 Å². The van der Waals surface area contributed by atoms with E-state index in [0.717, 1.165) is 124 Å². The highest BCUT2D eigenvalue weighted by Gasteiger charge is 2.28. The maximum Gasteiger partial charge on any atom is 0.277 e. The lowest BCUT2D eigenvalue weighted by molar-refractivity contribution is 0.657. The Bertz CT molecular complexity index is 1170. The molecule has 2 aromatic rings. The molecule has 0 spiro atoms. The minimum atomic E-state index is 0.00407. The van der Waals surface area contributed by atoms with Crippen LogP contribution in [0.3, 0.4) is 0 Å². The molecule has 38 heavy (non-hydrogen) atoms. The van der Waals surface area contributed by atoms with Crippen molar-refractivity contribution in [3.8, 4) is 0 Å². The molecule has 0 radical (unpaired) electrons. The monoisotopic (exact) mass is 519 g/mol. The number of aliphatic imine (C=N–C) groups is 1. The van der Waals surface area contributed by atoms with Crippen LogP contribution in [0.1, 0.15) is 121 Å². The molecule has 2 heterocycles. The molecule has 6 heteroatoms. The third-order valence-corrected chi connectivity index (χ3v) is 7.55. The molecule has 0 saturated heterocycles. The zero-order valence-electron chi connectivity index (χ0n) is 24.8. The molecule has 1 aliphatic rings. The molecule has 0 aliphatic carbocycles. The minimum absolute atomic E-state index is 0.00407. The number of benzene rings is 1. The predicted molar refractivity (Wildman–Crippen MR) is 163 cm³/mol. The zero-order valence-corrected chi connectivity index (χ0v) is 24.8. The van der Waals surface area contributed by atoms with Gasteiger partial charge in [0.2, 0.25) is 0 Å². The SMILES string of the molecule is CCCCCC1=Nn2c(nc(CCCCC)c(CCCCC)c2=O)C1=Nc1ccc(N(CC)CC)cc1C. The summed E-state index contributed by atoms with van der Waals surface area (Å²) in [4.78, 5) is 26.4. The number of aryl methyl sites for hydroxylation is 2. The van der Waals surface area contributed by atoms with Gasteiger partial charge in [0.05, 0.1) is 17.1 Å². The standard InChI is InChI=1S/C32H49N5O/c1-7-12-15-18-26-28(19-16-13-8-2)34-31-30(29(20-17-14-9-3)35-37(31)32(26)38)33-27-22-21-25(23-24(27)6)36(10-4)11-5/h21-23H,7-20H2,1-6H3. The van der Waals surface area contributed by atoms with Gasteiger partial charge in [-0.25, -0.2) is 9.98 Å². The van der Waals surface area contributed by atoms with E-state index in [1.807, 2.05) is 0 Å². The van der Waals surface area contributed by atoms with Gasteiger partial charge in [-0.3, -0.25) is 4.79 Å². The Labute approximate surface area is 230 Å². The third kappa shape index (κ3) is 7.21. The van der Waals surface area contributed by atoms with Crippen molar-refractivity contribution in [1.29, 1.82) is 0 Å². The van der Waals surface area contributed by atoms with E-state index >= 15 is 0 Å². The molecule has 1 aromatic carbocycles.